The minimum Gasteiger partial charge on any atom is -0.370 e. The van der Waals surface area contributed by atoms with Crippen LogP contribution in [0.3, 0.4) is 0 Å². The summed E-state index contributed by atoms with van der Waals surface area (Å²) < 4.78 is 40.7. The second kappa shape index (κ2) is 7.44. The van der Waals surface area contributed by atoms with Crippen LogP contribution in [0.5, 0.6) is 0 Å². The van der Waals surface area contributed by atoms with Crippen molar-refractivity contribution in [2.75, 3.05) is 23.6 Å². The fourth-order valence-electron chi connectivity index (χ4n) is 1.71. The Kier molecular flexibility index (Phi) is 5.54. The van der Waals surface area contributed by atoms with E-state index in [0.717, 1.165) is 34.4 Å². The number of sulfonamides is 1. The Morgan fingerprint density at radius 2 is 2.20 bits per heavy atom. The number of nitrogens with zero attached hydrogens (tertiary/aromatic N) is 2. The third kappa shape index (κ3) is 4.87. The van der Waals surface area contributed by atoms with E-state index in [0.29, 0.717) is 5.00 Å². The number of nitrogens with two attached hydrogens (primary N) is 1. The summed E-state index contributed by atoms with van der Waals surface area (Å²) in [6, 6.07) is 3.10. The third-order valence-corrected chi connectivity index (χ3v) is 5.17. The molecule has 1 amide bonds. The van der Waals surface area contributed by atoms with Crippen LogP contribution in [0.2, 0.25) is 0 Å². The Morgan fingerprint density at radius 3 is 2.76 bits per heavy atom. The number of hydrogen-bond donors (Lipinski definition) is 4. The predicted molar refractivity (Wildman–Crippen MR) is 92.5 cm³/mol. The van der Waals surface area contributed by atoms with E-state index in [1.807, 2.05) is 0 Å². The van der Waals surface area contributed by atoms with E-state index in [2.05, 4.69) is 15.0 Å². The first kappa shape index (κ1) is 18.6. The van der Waals surface area contributed by atoms with Gasteiger partial charge in [-0.1, -0.05) is 0 Å². The zero-order valence-corrected chi connectivity index (χ0v) is 14.6. The molecule has 0 atom stereocenters. The van der Waals surface area contributed by atoms with Gasteiger partial charge in [-0.3, -0.25) is 19.9 Å². The maximum atomic E-state index is 14.1. The Labute approximate surface area is 147 Å². The first-order valence-electron chi connectivity index (χ1n) is 6.75. The highest BCUT2D eigenvalue weighted by molar-refractivity contribution is 7.93. The normalized spacial score (nSPS) is 11.0. The average molecular weight is 386 g/mol. The molecule has 25 heavy (non-hydrogen) atoms. The smallest absolute Gasteiger partial charge is 0.262 e. The molecule has 0 saturated heterocycles. The zero-order chi connectivity index (χ0) is 18.6. The van der Waals surface area contributed by atoms with Gasteiger partial charge < -0.3 is 16.0 Å². The topological polar surface area (TPSA) is 141 Å². The van der Waals surface area contributed by atoms with Gasteiger partial charge in [-0.15, -0.1) is 11.3 Å². The highest BCUT2D eigenvalue weighted by Crippen LogP contribution is 2.22. The molecule has 0 saturated carbocycles. The van der Waals surface area contributed by atoms with Crippen molar-refractivity contribution in [3.8, 4) is 0 Å². The maximum Gasteiger partial charge on any atom is 0.262 e. The van der Waals surface area contributed by atoms with Crippen molar-refractivity contribution in [3.05, 3.63) is 35.7 Å². The van der Waals surface area contributed by atoms with Crippen LogP contribution >= 0.6 is 11.3 Å². The van der Waals surface area contributed by atoms with Gasteiger partial charge >= 0.3 is 0 Å². The molecule has 9 nitrogen and oxygen atoms in total. The number of benzene rings is 1. The lowest BCUT2D eigenvalue weighted by molar-refractivity contribution is -0.116. The molecule has 0 spiro atoms. The molecule has 0 bridgehead atoms. The average Bonchev–Trinajstić information content (AvgIpc) is 3.01. The number of likely N-dealkylation sites (N-methyl/N-ethyl adjacent to an activating group) is 1. The number of hydrogen-bond acceptors (Lipinski definition) is 6. The Hall–Kier alpha value is -2.73. The number of rotatable bonds is 6. The van der Waals surface area contributed by atoms with Crippen LogP contribution < -0.4 is 15.8 Å². The number of aromatic nitrogens is 1. The molecular formula is C13H15FN6O3S2. The first-order chi connectivity index (χ1) is 11.7. The van der Waals surface area contributed by atoms with Gasteiger partial charge in [0.25, 0.3) is 10.0 Å². The van der Waals surface area contributed by atoms with E-state index < -0.39 is 21.7 Å². The molecule has 0 aliphatic rings. The van der Waals surface area contributed by atoms with Gasteiger partial charge in [-0.25, -0.2) is 12.8 Å². The molecule has 2 rings (SSSR count). The molecule has 1 heterocycles. The highest BCUT2D eigenvalue weighted by atomic mass is 32.2. The molecular weight excluding hydrogens is 371 g/mol. The molecule has 5 N–H and O–H groups in total. The quantitative estimate of drug-likeness (QED) is 0.428. The second-order valence-corrected chi connectivity index (χ2v) is 7.47. The van der Waals surface area contributed by atoms with Crippen LogP contribution in [0.4, 0.5) is 15.1 Å². The summed E-state index contributed by atoms with van der Waals surface area (Å²) in [5.41, 5.74) is 6.48. The number of halogens is 1. The minimum absolute atomic E-state index is 0.182. The standard InChI is InChI=1S/C13H15FN6O3S2/c1-20(13(15)16)6-11(21)18-10-3-2-8(4-9(10)14)25(22,23)19-12-5-17-7-24-12/h2-5,7,19H,6H2,1H3,(H3,15,16)(H,18,21). The van der Waals surface area contributed by atoms with Gasteiger partial charge in [-0.05, 0) is 18.2 Å². The number of guanidine groups is 1. The largest absolute Gasteiger partial charge is 0.370 e. The van der Waals surface area contributed by atoms with E-state index in [1.54, 1.807) is 0 Å². The fraction of sp³-hybridized carbons (Fsp3) is 0.154. The van der Waals surface area contributed by atoms with Crippen LogP contribution in [-0.2, 0) is 14.8 Å². The fourth-order valence-corrected chi connectivity index (χ4v) is 3.53. The lowest BCUT2D eigenvalue weighted by Crippen LogP contribution is -2.38. The second-order valence-electron chi connectivity index (χ2n) is 4.90. The van der Waals surface area contributed by atoms with Crippen LogP contribution in [0.15, 0.2) is 34.8 Å². The summed E-state index contributed by atoms with van der Waals surface area (Å²) >= 11 is 1.08. The van der Waals surface area contributed by atoms with Crippen LogP contribution in [0.1, 0.15) is 0 Å². The van der Waals surface area contributed by atoms with E-state index in [-0.39, 0.29) is 23.1 Å². The molecule has 0 radical (unpaired) electrons. The molecule has 0 unspecified atom stereocenters. The zero-order valence-electron chi connectivity index (χ0n) is 13.0. The van der Waals surface area contributed by atoms with E-state index >= 15 is 0 Å². The van der Waals surface area contributed by atoms with Crippen molar-refractivity contribution in [2.45, 2.75) is 4.90 Å². The molecule has 1 aromatic heterocycles. The predicted octanol–water partition coefficient (Wildman–Crippen LogP) is 0.847. The van der Waals surface area contributed by atoms with Gasteiger partial charge in [-0.2, -0.15) is 0 Å². The lowest BCUT2D eigenvalue weighted by Gasteiger charge is -2.16. The molecule has 12 heteroatoms. The number of thiazole rings is 1. The van der Waals surface area contributed by atoms with Crippen molar-refractivity contribution in [1.82, 2.24) is 9.88 Å². The molecule has 0 aliphatic heterocycles. The number of anilines is 2. The first-order valence-corrected chi connectivity index (χ1v) is 9.11. The van der Waals surface area contributed by atoms with Crippen LogP contribution in [0.25, 0.3) is 0 Å². The van der Waals surface area contributed by atoms with Crippen molar-refractivity contribution < 1.29 is 17.6 Å². The minimum atomic E-state index is -3.97. The Balaban J connectivity index is 2.12. The van der Waals surface area contributed by atoms with Gasteiger partial charge in [0.2, 0.25) is 5.91 Å². The van der Waals surface area contributed by atoms with E-state index in [9.17, 15) is 17.6 Å². The van der Waals surface area contributed by atoms with Crippen LogP contribution in [-0.4, -0.2) is 43.8 Å². The summed E-state index contributed by atoms with van der Waals surface area (Å²) in [6.07, 6.45) is 1.33. The molecule has 2 aromatic rings. The SMILES string of the molecule is CN(CC(=O)Nc1ccc(S(=O)(=O)Nc2cncs2)cc1F)C(=N)N. The molecule has 1 aromatic carbocycles. The summed E-state index contributed by atoms with van der Waals surface area (Å²) in [5.74, 6) is -1.83. The van der Waals surface area contributed by atoms with Gasteiger partial charge in [0, 0.05) is 7.05 Å². The van der Waals surface area contributed by atoms with Gasteiger partial charge in [0.15, 0.2) is 5.96 Å². The number of carbonyl (C=O) groups excluding carboxylic acids is 1. The number of nitrogens with one attached hydrogen (secondary N) is 3. The molecule has 0 fully saturated rings. The Morgan fingerprint density at radius 1 is 1.48 bits per heavy atom. The highest BCUT2D eigenvalue weighted by Gasteiger charge is 2.18. The number of amides is 1. The monoisotopic (exact) mass is 386 g/mol. The maximum absolute atomic E-state index is 14.1. The van der Waals surface area contributed by atoms with E-state index in [4.69, 9.17) is 11.1 Å². The summed E-state index contributed by atoms with van der Waals surface area (Å²) in [4.78, 5) is 16.4. The van der Waals surface area contributed by atoms with Crippen molar-refractivity contribution in [3.63, 3.8) is 0 Å². The summed E-state index contributed by atoms with van der Waals surface area (Å²) in [7, 11) is -2.54. The third-order valence-electron chi connectivity index (χ3n) is 2.98. The van der Waals surface area contributed by atoms with Gasteiger partial charge in [0.05, 0.1) is 28.8 Å². The Bertz CT molecular complexity index is 885. The van der Waals surface area contributed by atoms with E-state index in [1.165, 1.54) is 18.8 Å². The lowest BCUT2D eigenvalue weighted by atomic mass is 10.3. The van der Waals surface area contributed by atoms with Crippen molar-refractivity contribution in [2.24, 2.45) is 5.73 Å². The summed E-state index contributed by atoms with van der Waals surface area (Å²) in [6.45, 7) is -0.248. The van der Waals surface area contributed by atoms with Gasteiger partial charge in [0.1, 0.15) is 10.8 Å². The molecule has 0 aliphatic carbocycles. The molecule has 134 valence electrons. The summed E-state index contributed by atoms with van der Waals surface area (Å²) in [5, 5.41) is 9.75. The van der Waals surface area contributed by atoms with Crippen molar-refractivity contribution in [1.29, 1.82) is 5.41 Å². The van der Waals surface area contributed by atoms with Crippen molar-refractivity contribution >= 4 is 43.9 Å². The van der Waals surface area contributed by atoms with Crippen LogP contribution in [0, 0.1) is 11.2 Å². The number of carbonyl (C=O) groups is 1.